The van der Waals surface area contributed by atoms with Crippen molar-refractivity contribution in [1.82, 2.24) is 5.53 Å². The monoisotopic (exact) mass is 485 g/mol. The fourth-order valence-corrected chi connectivity index (χ4v) is 9.31. The van der Waals surface area contributed by atoms with Crippen LogP contribution in [0, 0.1) is 46.7 Å². The number of ether oxygens (including phenoxy) is 1. The highest BCUT2D eigenvalue weighted by Gasteiger charge is 2.59. The molecule has 3 N–H and O–H groups in total. The van der Waals surface area contributed by atoms with E-state index in [-0.39, 0.29) is 17.2 Å². The van der Waals surface area contributed by atoms with Gasteiger partial charge in [0.15, 0.2) is 5.78 Å². The number of carbonyl (C=O) groups is 1. The quantitative estimate of drug-likeness (QED) is 0.562. The number of anilines is 2. The van der Waals surface area contributed by atoms with E-state index in [0.717, 1.165) is 62.0 Å². The maximum absolute atomic E-state index is 13.6. The first kappa shape index (κ1) is 23.7. The highest BCUT2D eigenvalue weighted by atomic mass is 19.1. The predicted octanol–water partition coefficient (Wildman–Crippen LogP) is 4.69. The molecule has 1 heterocycles. The Hall–Kier alpha value is -1.70. The van der Waals surface area contributed by atoms with Crippen LogP contribution in [0.1, 0.15) is 64.7 Å². The van der Waals surface area contributed by atoms with Crippen LogP contribution in [0.25, 0.3) is 0 Å². The van der Waals surface area contributed by atoms with Crippen molar-refractivity contribution in [2.24, 2.45) is 40.9 Å². The molecule has 0 amide bonds. The van der Waals surface area contributed by atoms with E-state index in [1.54, 1.807) is 13.2 Å². The molecule has 6 rings (SSSR count). The van der Waals surface area contributed by atoms with E-state index in [9.17, 15) is 14.3 Å². The summed E-state index contributed by atoms with van der Waals surface area (Å²) in [5.41, 5.74) is 6.98. The number of Topliss-reactive ketones (excluding diaryl/α,β-unsaturated/α-hetero) is 1. The fraction of sp³-hybridized carbons (Fsp3) is 0.750. The smallest absolute Gasteiger partial charge is 0.157 e. The first-order valence-corrected chi connectivity index (χ1v) is 13.6. The molecule has 0 spiro atoms. The average molecular weight is 486 g/mol. The van der Waals surface area contributed by atoms with Crippen molar-refractivity contribution in [3.8, 4) is 0 Å². The Kier molecular flexibility index (Phi) is 5.89. The summed E-state index contributed by atoms with van der Waals surface area (Å²) in [6, 6.07) is 4.63. The number of hydrogen-bond acceptors (Lipinski definition) is 6. The highest BCUT2D eigenvalue weighted by molar-refractivity contribution is 5.88. The van der Waals surface area contributed by atoms with Gasteiger partial charge in [0, 0.05) is 19.1 Å². The maximum Gasteiger partial charge on any atom is 0.157 e. The number of fused-ring (bicyclic) bond motifs is 6. The van der Waals surface area contributed by atoms with Crippen molar-refractivity contribution in [3.05, 3.63) is 24.0 Å². The van der Waals surface area contributed by atoms with Crippen LogP contribution >= 0.6 is 0 Å². The van der Waals surface area contributed by atoms with E-state index in [1.165, 1.54) is 31.4 Å². The third-order valence-corrected chi connectivity index (χ3v) is 10.8. The summed E-state index contributed by atoms with van der Waals surface area (Å²) in [5, 5.41) is 12.8. The number of nitrogens with one attached hydrogen (secondary N) is 2. The fourth-order valence-electron chi connectivity index (χ4n) is 9.31. The lowest BCUT2D eigenvalue weighted by molar-refractivity contribution is -0.135. The van der Waals surface area contributed by atoms with Crippen LogP contribution in [0.4, 0.5) is 15.8 Å². The number of methoxy groups -OCH3 is 1. The van der Waals surface area contributed by atoms with Crippen LogP contribution in [0.3, 0.4) is 0 Å². The molecule has 4 aliphatic carbocycles. The van der Waals surface area contributed by atoms with Gasteiger partial charge in [-0.05, 0) is 105 Å². The van der Waals surface area contributed by atoms with Crippen LogP contribution in [0.15, 0.2) is 18.2 Å². The van der Waals surface area contributed by atoms with Gasteiger partial charge in [0.05, 0.1) is 30.1 Å². The van der Waals surface area contributed by atoms with Crippen molar-refractivity contribution in [1.29, 1.82) is 0 Å². The Morgan fingerprint density at radius 3 is 2.80 bits per heavy atom. The molecule has 0 aromatic heterocycles. The van der Waals surface area contributed by atoms with E-state index < -0.39 is 5.60 Å². The van der Waals surface area contributed by atoms with Crippen molar-refractivity contribution in [2.75, 3.05) is 30.7 Å². The Morgan fingerprint density at radius 2 is 1.97 bits per heavy atom. The van der Waals surface area contributed by atoms with E-state index in [2.05, 4.69) is 17.9 Å². The van der Waals surface area contributed by atoms with E-state index in [4.69, 9.17) is 4.74 Å². The summed E-state index contributed by atoms with van der Waals surface area (Å²) < 4.78 is 18.9. The van der Waals surface area contributed by atoms with Crippen molar-refractivity contribution in [3.63, 3.8) is 0 Å². The minimum Gasteiger partial charge on any atom is -0.387 e. The summed E-state index contributed by atoms with van der Waals surface area (Å²) in [5.74, 6) is 3.54. The Bertz CT molecular complexity index is 990. The number of nitrogens with zero attached hydrogens (tertiary/aromatic N) is 1. The highest BCUT2D eigenvalue weighted by Crippen LogP contribution is 2.64. The molecule has 5 aliphatic rings. The number of hydrogen-bond donors (Lipinski definition) is 3. The Balaban J connectivity index is 1.14. The molecule has 1 aromatic carbocycles. The minimum atomic E-state index is -0.639. The zero-order valence-corrected chi connectivity index (χ0v) is 21.1. The number of aliphatic hydroxyl groups is 1. The summed E-state index contributed by atoms with van der Waals surface area (Å²) in [6.07, 6.45) is 9.81. The molecular formula is C28H40FN3O3. The van der Waals surface area contributed by atoms with Gasteiger partial charge in [0.1, 0.15) is 5.82 Å². The van der Waals surface area contributed by atoms with Gasteiger partial charge in [-0.1, -0.05) is 6.92 Å². The van der Waals surface area contributed by atoms with Gasteiger partial charge >= 0.3 is 0 Å². The zero-order valence-electron chi connectivity index (χ0n) is 21.1. The van der Waals surface area contributed by atoms with Crippen LogP contribution in [-0.4, -0.2) is 36.8 Å². The molecule has 7 heteroatoms. The average Bonchev–Trinajstić information content (AvgIpc) is 3.38. The number of hydrazine groups is 2. The third-order valence-electron chi connectivity index (χ3n) is 10.8. The number of ketones is 1. The molecule has 4 fully saturated rings. The zero-order chi connectivity index (χ0) is 24.4. The second-order valence-electron chi connectivity index (χ2n) is 12.5. The van der Waals surface area contributed by atoms with Crippen LogP contribution in [-0.2, 0) is 9.53 Å². The normalized spacial score (nSPS) is 42.0. The molecule has 8 unspecified atom stereocenters. The topological polar surface area (TPSA) is 73.8 Å². The van der Waals surface area contributed by atoms with E-state index >= 15 is 0 Å². The van der Waals surface area contributed by atoms with Crippen LogP contribution in [0.2, 0.25) is 0 Å². The second-order valence-corrected chi connectivity index (χ2v) is 12.5. The first-order chi connectivity index (χ1) is 16.8. The summed E-state index contributed by atoms with van der Waals surface area (Å²) in [4.78, 5) is 13.6. The Labute approximate surface area is 207 Å². The van der Waals surface area contributed by atoms with Crippen LogP contribution in [0.5, 0.6) is 0 Å². The van der Waals surface area contributed by atoms with Crippen molar-refractivity contribution < 1.29 is 19.0 Å². The first-order valence-electron chi connectivity index (χ1n) is 13.6. The largest absolute Gasteiger partial charge is 0.387 e. The van der Waals surface area contributed by atoms with Crippen molar-refractivity contribution in [2.45, 2.75) is 70.3 Å². The Morgan fingerprint density at radius 1 is 1.14 bits per heavy atom. The third kappa shape index (κ3) is 3.89. The summed E-state index contributed by atoms with van der Waals surface area (Å²) in [7, 11) is 1.69. The molecule has 0 bridgehead atoms. The molecule has 6 nitrogen and oxygen atoms in total. The van der Waals surface area contributed by atoms with Crippen molar-refractivity contribution >= 4 is 17.2 Å². The number of carbonyl (C=O) groups excluding carboxylic acids is 1. The van der Waals surface area contributed by atoms with Gasteiger partial charge < -0.3 is 15.3 Å². The number of rotatable bonds is 5. The lowest BCUT2D eigenvalue weighted by Crippen LogP contribution is -2.52. The molecule has 0 radical (unpaired) electrons. The van der Waals surface area contributed by atoms with Gasteiger partial charge in [0.25, 0.3) is 0 Å². The van der Waals surface area contributed by atoms with Gasteiger partial charge in [0.2, 0.25) is 0 Å². The summed E-state index contributed by atoms with van der Waals surface area (Å²) in [6.45, 7) is 3.15. The number of halogens is 1. The molecule has 4 saturated carbocycles. The van der Waals surface area contributed by atoms with Crippen LogP contribution < -0.4 is 16.0 Å². The molecule has 192 valence electrons. The summed E-state index contributed by atoms with van der Waals surface area (Å²) >= 11 is 0. The van der Waals surface area contributed by atoms with Gasteiger partial charge in [-0.15, -0.1) is 5.53 Å². The lowest BCUT2D eigenvalue weighted by atomic mass is 9.49. The predicted molar refractivity (Wildman–Crippen MR) is 133 cm³/mol. The van der Waals surface area contributed by atoms with E-state index in [0.29, 0.717) is 36.5 Å². The lowest BCUT2D eigenvalue weighted by Gasteiger charge is -2.57. The molecule has 0 saturated heterocycles. The number of benzene rings is 1. The minimum absolute atomic E-state index is 0.0787. The van der Waals surface area contributed by atoms with E-state index in [1.807, 2.05) is 5.01 Å². The van der Waals surface area contributed by atoms with Gasteiger partial charge in [-0.2, -0.15) is 0 Å². The second kappa shape index (κ2) is 8.70. The van der Waals surface area contributed by atoms with Gasteiger partial charge in [-0.3, -0.25) is 9.80 Å². The SMILES string of the molecule is COCC1(O)CCC2C(CCC3C2CCC2(C)C(C(=O)CN4NNc5cc(F)ccc54)CCC32)C1. The molecule has 1 aromatic rings. The maximum atomic E-state index is 13.6. The standard InChI is InChI=1S/C28H40FN3O3/c1-27-11-9-20-19-10-12-28(34,16-35-2)14-17(19)3-5-21(20)22(27)6-7-23(27)26(33)15-32-25-8-4-18(29)13-24(25)30-31-32/h4,8,13,17,19-23,30-31,34H,3,5-7,9-12,14-16H2,1-2H3. The molecule has 8 atom stereocenters. The molecular weight excluding hydrogens is 445 g/mol. The molecule has 35 heavy (non-hydrogen) atoms. The van der Waals surface area contributed by atoms with Gasteiger partial charge in [-0.25, -0.2) is 4.39 Å². The molecule has 1 aliphatic heterocycles.